The molecule has 0 aliphatic carbocycles. The van der Waals surface area contributed by atoms with Crippen LogP contribution in [0.15, 0.2) is 18.7 Å². The van der Waals surface area contributed by atoms with Crippen molar-refractivity contribution in [1.29, 1.82) is 0 Å². The summed E-state index contributed by atoms with van der Waals surface area (Å²) in [6.45, 7) is 5.14. The Kier molecular flexibility index (Phi) is 5.20. The highest BCUT2D eigenvalue weighted by atomic mass is 16.4. The highest BCUT2D eigenvalue weighted by molar-refractivity contribution is 5.65. The van der Waals surface area contributed by atoms with Gasteiger partial charge >= 0.3 is 6.09 Å². The van der Waals surface area contributed by atoms with Crippen LogP contribution in [-0.4, -0.2) is 63.3 Å². The monoisotopic (exact) mass is 266 g/mol. The SMILES string of the molecule is O=C(O)N1CCN(CCCCCn2ccnc2)CC1. The molecule has 1 saturated heterocycles. The van der Waals surface area contributed by atoms with E-state index in [1.807, 2.05) is 18.7 Å². The van der Waals surface area contributed by atoms with Crippen LogP contribution in [0.2, 0.25) is 0 Å². The quantitative estimate of drug-likeness (QED) is 0.790. The molecule has 0 saturated carbocycles. The molecule has 1 aliphatic heterocycles. The number of amides is 1. The van der Waals surface area contributed by atoms with Crippen molar-refractivity contribution in [3.63, 3.8) is 0 Å². The summed E-state index contributed by atoms with van der Waals surface area (Å²) in [7, 11) is 0. The lowest BCUT2D eigenvalue weighted by Crippen LogP contribution is -2.48. The van der Waals surface area contributed by atoms with Gasteiger partial charge in [0, 0.05) is 45.1 Å². The maximum absolute atomic E-state index is 10.8. The van der Waals surface area contributed by atoms with Gasteiger partial charge in [-0.15, -0.1) is 0 Å². The number of unbranched alkanes of at least 4 members (excludes halogenated alkanes) is 2. The summed E-state index contributed by atoms with van der Waals surface area (Å²) in [6, 6.07) is 0. The maximum atomic E-state index is 10.8. The Hall–Kier alpha value is -1.56. The summed E-state index contributed by atoms with van der Waals surface area (Å²) in [5.41, 5.74) is 0. The number of aromatic nitrogens is 2. The summed E-state index contributed by atoms with van der Waals surface area (Å²) >= 11 is 0. The highest BCUT2D eigenvalue weighted by Crippen LogP contribution is 2.05. The number of imidazole rings is 1. The zero-order chi connectivity index (χ0) is 13.5. The van der Waals surface area contributed by atoms with Crippen molar-refractivity contribution in [2.24, 2.45) is 0 Å². The van der Waals surface area contributed by atoms with E-state index < -0.39 is 6.09 Å². The molecule has 6 nitrogen and oxygen atoms in total. The fourth-order valence-corrected chi connectivity index (χ4v) is 2.39. The molecule has 19 heavy (non-hydrogen) atoms. The first kappa shape index (κ1) is 13.9. The van der Waals surface area contributed by atoms with Crippen molar-refractivity contribution in [3.05, 3.63) is 18.7 Å². The highest BCUT2D eigenvalue weighted by Gasteiger charge is 2.19. The number of aryl methyl sites for hydroxylation is 1. The minimum absolute atomic E-state index is 0.643. The Morgan fingerprint density at radius 3 is 2.47 bits per heavy atom. The number of hydrogen-bond acceptors (Lipinski definition) is 3. The summed E-state index contributed by atoms with van der Waals surface area (Å²) < 4.78 is 2.10. The first-order chi connectivity index (χ1) is 9.25. The number of hydrogen-bond donors (Lipinski definition) is 1. The van der Waals surface area contributed by atoms with Gasteiger partial charge in [-0.2, -0.15) is 0 Å². The minimum Gasteiger partial charge on any atom is -0.465 e. The Labute approximate surface area is 113 Å². The van der Waals surface area contributed by atoms with Crippen LogP contribution >= 0.6 is 0 Å². The van der Waals surface area contributed by atoms with Gasteiger partial charge in [0.1, 0.15) is 0 Å². The molecule has 0 bridgehead atoms. The average Bonchev–Trinajstić information content (AvgIpc) is 2.92. The van der Waals surface area contributed by atoms with Crippen LogP contribution in [0.5, 0.6) is 0 Å². The minimum atomic E-state index is -0.792. The van der Waals surface area contributed by atoms with Crippen LogP contribution in [0.1, 0.15) is 19.3 Å². The molecule has 0 radical (unpaired) electrons. The van der Waals surface area contributed by atoms with Crippen molar-refractivity contribution >= 4 is 6.09 Å². The molecule has 1 amide bonds. The van der Waals surface area contributed by atoms with Gasteiger partial charge in [-0.3, -0.25) is 4.90 Å². The van der Waals surface area contributed by atoms with Crippen molar-refractivity contribution in [1.82, 2.24) is 19.4 Å². The van der Waals surface area contributed by atoms with Crippen molar-refractivity contribution in [3.8, 4) is 0 Å². The Bertz CT molecular complexity index is 372. The van der Waals surface area contributed by atoms with E-state index >= 15 is 0 Å². The predicted molar refractivity (Wildman–Crippen MR) is 72.1 cm³/mol. The fourth-order valence-electron chi connectivity index (χ4n) is 2.39. The molecule has 0 unspecified atom stereocenters. The van der Waals surface area contributed by atoms with Gasteiger partial charge < -0.3 is 14.6 Å². The van der Waals surface area contributed by atoms with Gasteiger partial charge in [-0.25, -0.2) is 9.78 Å². The van der Waals surface area contributed by atoms with Crippen LogP contribution < -0.4 is 0 Å². The molecule has 1 fully saturated rings. The summed E-state index contributed by atoms with van der Waals surface area (Å²) in [4.78, 5) is 18.6. The van der Waals surface area contributed by atoms with Crippen LogP contribution in [-0.2, 0) is 6.54 Å². The number of nitrogens with zero attached hydrogens (tertiary/aromatic N) is 4. The summed E-state index contributed by atoms with van der Waals surface area (Å²) in [5, 5.41) is 8.86. The van der Waals surface area contributed by atoms with Crippen LogP contribution in [0, 0.1) is 0 Å². The molecule has 1 aliphatic rings. The second-order valence-corrected chi connectivity index (χ2v) is 4.97. The molecular weight excluding hydrogens is 244 g/mol. The molecule has 0 spiro atoms. The lowest BCUT2D eigenvalue weighted by molar-refractivity contribution is 0.105. The predicted octanol–water partition coefficient (Wildman–Crippen LogP) is 1.35. The Morgan fingerprint density at radius 1 is 1.11 bits per heavy atom. The summed E-state index contributed by atoms with van der Waals surface area (Å²) in [6.07, 6.45) is 8.42. The maximum Gasteiger partial charge on any atom is 0.407 e. The van der Waals surface area contributed by atoms with Gasteiger partial charge in [0.15, 0.2) is 0 Å². The van der Waals surface area contributed by atoms with E-state index in [9.17, 15) is 4.79 Å². The molecule has 6 heteroatoms. The standard InChI is InChI=1S/C13H22N4O2/c18-13(19)17-10-8-15(9-11-17)5-2-1-3-6-16-7-4-14-12-16/h4,7,12H,1-3,5-6,8-11H2,(H,18,19). The average molecular weight is 266 g/mol. The lowest BCUT2D eigenvalue weighted by atomic mass is 10.2. The molecule has 1 aromatic rings. The molecule has 0 atom stereocenters. The zero-order valence-corrected chi connectivity index (χ0v) is 11.2. The van der Waals surface area contributed by atoms with E-state index in [1.54, 1.807) is 0 Å². The van der Waals surface area contributed by atoms with Gasteiger partial charge in [0.05, 0.1) is 6.33 Å². The van der Waals surface area contributed by atoms with Crippen LogP contribution in [0.25, 0.3) is 0 Å². The Morgan fingerprint density at radius 2 is 1.84 bits per heavy atom. The molecule has 2 rings (SSSR count). The van der Waals surface area contributed by atoms with Crippen molar-refractivity contribution in [2.75, 3.05) is 32.7 Å². The second-order valence-electron chi connectivity index (χ2n) is 4.97. The smallest absolute Gasteiger partial charge is 0.407 e. The van der Waals surface area contributed by atoms with Crippen LogP contribution in [0.4, 0.5) is 4.79 Å². The van der Waals surface area contributed by atoms with E-state index in [2.05, 4.69) is 14.5 Å². The molecule has 106 valence electrons. The third kappa shape index (κ3) is 4.55. The first-order valence-electron chi connectivity index (χ1n) is 6.91. The van der Waals surface area contributed by atoms with E-state index in [0.717, 1.165) is 26.2 Å². The normalized spacial score (nSPS) is 16.7. The molecule has 0 aromatic carbocycles. The van der Waals surface area contributed by atoms with Gasteiger partial charge in [-0.05, 0) is 19.4 Å². The number of carbonyl (C=O) groups is 1. The van der Waals surface area contributed by atoms with E-state index in [-0.39, 0.29) is 0 Å². The fraction of sp³-hybridized carbons (Fsp3) is 0.692. The third-order valence-electron chi connectivity index (χ3n) is 3.59. The molecular formula is C13H22N4O2. The second kappa shape index (κ2) is 7.13. The lowest BCUT2D eigenvalue weighted by Gasteiger charge is -2.33. The van der Waals surface area contributed by atoms with Crippen molar-refractivity contribution in [2.45, 2.75) is 25.8 Å². The number of carboxylic acid groups (broad SMARTS) is 1. The van der Waals surface area contributed by atoms with E-state index in [0.29, 0.717) is 13.1 Å². The Balaban J connectivity index is 1.51. The zero-order valence-electron chi connectivity index (χ0n) is 11.2. The summed E-state index contributed by atoms with van der Waals surface area (Å²) in [5.74, 6) is 0. The molecule has 2 heterocycles. The molecule has 1 N–H and O–H groups in total. The number of rotatable bonds is 6. The first-order valence-corrected chi connectivity index (χ1v) is 6.91. The van der Waals surface area contributed by atoms with E-state index in [4.69, 9.17) is 5.11 Å². The van der Waals surface area contributed by atoms with Gasteiger partial charge in [0.2, 0.25) is 0 Å². The van der Waals surface area contributed by atoms with Gasteiger partial charge in [-0.1, -0.05) is 6.42 Å². The van der Waals surface area contributed by atoms with Crippen LogP contribution in [0.3, 0.4) is 0 Å². The van der Waals surface area contributed by atoms with E-state index in [1.165, 1.54) is 24.2 Å². The molecule has 1 aromatic heterocycles. The third-order valence-corrected chi connectivity index (χ3v) is 3.59. The van der Waals surface area contributed by atoms with Gasteiger partial charge in [0.25, 0.3) is 0 Å². The van der Waals surface area contributed by atoms with Crippen molar-refractivity contribution < 1.29 is 9.90 Å². The topological polar surface area (TPSA) is 61.6 Å². The largest absolute Gasteiger partial charge is 0.465 e. The number of piperazine rings is 1.